The quantitative estimate of drug-likeness (QED) is 0.701. The molecule has 0 atom stereocenters. The first-order valence-corrected chi connectivity index (χ1v) is 6.09. The van der Waals surface area contributed by atoms with E-state index in [2.05, 4.69) is 20.8 Å². The number of carbonyl (C=O) groups excluding carboxylic acids is 1. The second-order valence-corrected chi connectivity index (χ2v) is 4.56. The van der Waals surface area contributed by atoms with Gasteiger partial charge in [-0.1, -0.05) is 23.2 Å². The van der Waals surface area contributed by atoms with Crippen LogP contribution >= 0.6 is 23.2 Å². The van der Waals surface area contributed by atoms with Crippen LogP contribution in [0.15, 0.2) is 24.4 Å². The van der Waals surface area contributed by atoms with E-state index in [1.54, 1.807) is 24.4 Å². The van der Waals surface area contributed by atoms with E-state index in [1.165, 1.54) is 0 Å². The number of nitrogens with one attached hydrogen (secondary N) is 3. The van der Waals surface area contributed by atoms with Gasteiger partial charge in [-0.05, 0) is 18.2 Å². The number of rotatable bonds is 3. The molecule has 1 heterocycles. The van der Waals surface area contributed by atoms with Gasteiger partial charge >= 0.3 is 6.03 Å². The number of nitrogen functional groups attached to an aromatic ring is 1. The summed E-state index contributed by atoms with van der Waals surface area (Å²) in [6, 6.07) is 4.45. The summed E-state index contributed by atoms with van der Waals surface area (Å²) in [5, 5.41) is 12.4. The van der Waals surface area contributed by atoms with Crippen LogP contribution in [0.3, 0.4) is 0 Å². The Bertz CT molecular complexity index is 599. The number of amides is 2. The van der Waals surface area contributed by atoms with Crippen molar-refractivity contribution >= 4 is 40.7 Å². The van der Waals surface area contributed by atoms with Gasteiger partial charge in [0.15, 0.2) is 0 Å². The lowest BCUT2D eigenvalue weighted by Crippen LogP contribution is -2.28. The van der Waals surface area contributed by atoms with Gasteiger partial charge in [0.2, 0.25) is 0 Å². The molecule has 0 saturated heterocycles. The van der Waals surface area contributed by atoms with E-state index in [-0.39, 0.29) is 12.6 Å². The number of benzene rings is 1. The van der Waals surface area contributed by atoms with Gasteiger partial charge in [-0.15, -0.1) is 0 Å². The predicted octanol–water partition coefficient (Wildman–Crippen LogP) is 2.62. The van der Waals surface area contributed by atoms with Crippen molar-refractivity contribution in [3.05, 3.63) is 40.0 Å². The van der Waals surface area contributed by atoms with Crippen LogP contribution in [0, 0.1) is 0 Å². The van der Waals surface area contributed by atoms with E-state index in [0.29, 0.717) is 27.1 Å². The van der Waals surface area contributed by atoms with E-state index >= 15 is 0 Å². The van der Waals surface area contributed by atoms with Gasteiger partial charge in [-0.3, -0.25) is 5.10 Å². The Balaban J connectivity index is 1.91. The number of H-pyrrole nitrogens is 1. The molecule has 2 rings (SSSR count). The first-order valence-electron chi connectivity index (χ1n) is 5.34. The Kier molecular flexibility index (Phi) is 4.13. The summed E-state index contributed by atoms with van der Waals surface area (Å²) in [6.07, 6.45) is 1.55. The monoisotopic (exact) mass is 299 g/mol. The Morgan fingerprint density at radius 1 is 1.37 bits per heavy atom. The van der Waals surface area contributed by atoms with Crippen LogP contribution in [0.1, 0.15) is 5.56 Å². The fourth-order valence-corrected chi connectivity index (χ4v) is 1.68. The summed E-state index contributed by atoms with van der Waals surface area (Å²) in [5.41, 5.74) is 6.85. The lowest BCUT2D eigenvalue weighted by molar-refractivity contribution is 0.252. The van der Waals surface area contributed by atoms with Crippen LogP contribution in [0.5, 0.6) is 0 Å². The molecule has 0 radical (unpaired) electrons. The van der Waals surface area contributed by atoms with Crippen LogP contribution in [0.4, 0.5) is 16.3 Å². The number of halogens is 2. The number of hydrogen-bond donors (Lipinski definition) is 4. The minimum absolute atomic E-state index is 0.273. The molecule has 0 aliphatic carbocycles. The highest BCUT2D eigenvalue weighted by atomic mass is 35.5. The van der Waals surface area contributed by atoms with E-state index in [0.717, 1.165) is 0 Å². The van der Waals surface area contributed by atoms with Crippen molar-refractivity contribution in [2.45, 2.75) is 6.54 Å². The highest BCUT2D eigenvalue weighted by molar-refractivity contribution is 6.42. The fourth-order valence-electron chi connectivity index (χ4n) is 1.39. The molecule has 0 aliphatic heterocycles. The van der Waals surface area contributed by atoms with E-state index in [9.17, 15) is 4.79 Å². The molecule has 2 aromatic rings. The summed E-state index contributed by atoms with van der Waals surface area (Å²) in [4.78, 5) is 11.6. The van der Waals surface area contributed by atoms with Crippen molar-refractivity contribution in [1.82, 2.24) is 15.5 Å². The zero-order valence-electron chi connectivity index (χ0n) is 9.71. The SMILES string of the molecule is Nc1[nH]ncc1CNC(=O)Nc1ccc(Cl)c(Cl)c1. The molecule has 100 valence electrons. The minimum Gasteiger partial charge on any atom is -0.384 e. The molecule has 2 amide bonds. The molecule has 0 unspecified atom stereocenters. The third kappa shape index (κ3) is 3.52. The summed E-state index contributed by atoms with van der Waals surface area (Å²) in [6.45, 7) is 0.273. The van der Waals surface area contributed by atoms with Crippen molar-refractivity contribution in [2.75, 3.05) is 11.1 Å². The maximum Gasteiger partial charge on any atom is 0.319 e. The Morgan fingerprint density at radius 3 is 2.79 bits per heavy atom. The van der Waals surface area contributed by atoms with Crippen molar-refractivity contribution in [1.29, 1.82) is 0 Å². The molecule has 0 bridgehead atoms. The summed E-state index contributed by atoms with van der Waals surface area (Å²) < 4.78 is 0. The molecule has 1 aromatic heterocycles. The number of nitrogens with zero attached hydrogens (tertiary/aromatic N) is 1. The standard InChI is InChI=1S/C11H11Cl2N5O/c12-8-2-1-7(3-9(8)13)17-11(19)15-4-6-5-16-18-10(6)14/h1-3,5H,4H2,(H3,14,16,18)(H2,15,17,19). The van der Waals surface area contributed by atoms with Crippen LogP contribution in [0.25, 0.3) is 0 Å². The first kappa shape index (κ1) is 13.5. The molecule has 0 saturated carbocycles. The molecule has 0 fully saturated rings. The zero-order valence-corrected chi connectivity index (χ0v) is 11.2. The molecule has 19 heavy (non-hydrogen) atoms. The average molecular weight is 300 g/mol. The Hall–Kier alpha value is -1.92. The Labute approximate surface area is 119 Å². The Morgan fingerprint density at radius 2 is 2.16 bits per heavy atom. The van der Waals surface area contributed by atoms with Gasteiger partial charge in [0, 0.05) is 17.8 Å². The third-order valence-corrected chi connectivity index (χ3v) is 3.11. The minimum atomic E-state index is -0.376. The van der Waals surface area contributed by atoms with Crippen molar-refractivity contribution in [2.24, 2.45) is 0 Å². The number of urea groups is 1. The lowest BCUT2D eigenvalue weighted by atomic mass is 10.3. The third-order valence-electron chi connectivity index (χ3n) is 2.37. The molecule has 5 N–H and O–H groups in total. The number of hydrogen-bond acceptors (Lipinski definition) is 3. The van der Waals surface area contributed by atoms with Gasteiger partial charge in [-0.25, -0.2) is 4.79 Å². The second-order valence-electron chi connectivity index (χ2n) is 3.75. The largest absolute Gasteiger partial charge is 0.384 e. The lowest BCUT2D eigenvalue weighted by Gasteiger charge is -2.07. The number of anilines is 2. The second kappa shape index (κ2) is 5.81. The number of carbonyl (C=O) groups is 1. The topological polar surface area (TPSA) is 95.8 Å². The predicted molar refractivity (Wildman–Crippen MR) is 75.3 cm³/mol. The van der Waals surface area contributed by atoms with Crippen LogP contribution in [-0.4, -0.2) is 16.2 Å². The van der Waals surface area contributed by atoms with E-state index in [1.807, 2.05) is 0 Å². The van der Waals surface area contributed by atoms with Gasteiger partial charge < -0.3 is 16.4 Å². The molecule has 0 spiro atoms. The van der Waals surface area contributed by atoms with Crippen LogP contribution < -0.4 is 16.4 Å². The fraction of sp³-hybridized carbons (Fsp3) is 0.0909. The van der Waals surface area contributed by atoms with Gasteiger partial charge in [0.1, 0.15) is 5.82 Å². The molecular formula is C11H11Cl2N5O. The van der Waals surface area contributed by atoms with Crippen LogP contribution in [0.2, 0.25) is 10.0 Å². The number of nitrogens with two attached hydrogens (primary N) is 1. The zero-order chi connectivity index (χ0) is 13.8. The molecule has 1 aromatic carbocycles. The van der Waals surface area contributed by atoms with Crippen LogP contribution in [-0.2, 0) is 6.54 Å². The maximum atomic E-state index is 11.6. The van der Waals surface area contributed by atoms with Gasteiger partial charge in [0.25, 0.3) is 0 Å². The van der Waals surface area contributed by atoms with E-state index < -0.39 is 0 Å². The number of aromatic nitrogens is 2. The smallest absolute Gasteiger partial charge is 0.319 e. The van der Waals surface area contributed by atoms with Crippen molar-refractivity contribution in [3.8, 4) is 0 Å². The summed E-state index contributed by atoms with van der Waals surface area (Å²) in [7, 11) is 0. The highest BCUT2D eigenvalue weighted by Gasteiger charge is 2.06. The first-order chi connectivity index (χ1) is 9.06. The maximum absolute atomic E-state index is 11.6. The van der Waals surface area contributed by atoms with E-state index in [4.69, 9.17) is 28.9 Å². The van der Waals surface area contributed by atoms with Crippen molar-refractivity contribution < 1.29 is 4.79 Å². The molecular weight excluding hydrogens is 289 g/mol. The van der Waals surface area contributed by atoms with Crippen molar-refractivity contribution in [3.63, 3.8) is 0 Å². The summed E-state index contributed by atoms with van der Waals surface area (Å²) in [5.74, 6) is 0.426. The highest BCUT2D eigenvalue weighted by Crippen LogP contribution is 2.24. The average Bonchev–Trinajstić information content (AvgIpc) is 2.77. The number of aromatic amines is 1. The molecule has 0 aliphatic rings. The molecule has 6 nitrogen and oxygen atoms in total. The van der Waals surface area contributed by atoms with Gasteiger partial charge in [-0.2, -0.15) is 5.10 Å². The summed E-state index contributed by atoms with van der Waals surface area (Å²) >= 11 is 11.6. The molecule has 8 heteroatoms. The normalized spacial score (nSPS) is 10.2. The van der Waals surface area contributed by atoms with Gasteiger partial charge in [0.05, 0.1) is 16.2 Å².